The first-order chi connectivity index (χ1) is 14.7. The Balaban J connectivity index is 2.18. The van der Waals surface area contributed by atoms with Crippen molar-refractivity contribution in [2.24, 2.45) is 0 Å². The minimum Gasteiger partial charge on any atom is -0.495 e. The van der Waals surface area contributed by atoms with Gasteiger partial charge in [0.2, 0.25) is 0 Å². The summed E-state index contributed by atoms with van der Waals surface area (Å²) in [6, 6.07) is 8.00. The second-order valence-corrected chi connectivity index (χ2v) is 7.55. The predicted molar refractivity (Wildman–Crippen MR) is 121 cm³/mol. The van der Waals surface area contributed by atoms with Gasteiger partial charge >= 0.3 is 5.97 Å². The largest absolute Gasteiger partial charge is 0.495 e. The number of aromatic nitrogens is 1. The molecule has 162 valence electrons. The van der Waals surface area contributed by atoms with Crippen molar-refractivity contribution in [1.82, 2.24) is 9.47 Å². The quantitative estimate of drug-likeness (QED) is 0.398. The zero-order valence-electron chi connectivity index (χ0n) is 18.9. The number of aryl methyl sites for hydroxylation is 2. The van der Waals surface area contributed by atoms with E-state index in [2.05, 4.69) is 17.2 Å². The van der Waals surface area contributed by atoms with E-state index in [9.17, 15) is 9.59 Å². The molecule has 3 rings (SSSR count). The Kier molecular flexibility index (Phi) is 6.20. The van der Waals surface area contributed by atoms with E-state index in [1.165, 1.54) is 12.0 Å². The minimum atomic E-state index is -0.530. The lowest BCUT2D eigenvalue weighted by atomic mass is 10.0. The molecule has 0 spiro atoms. The van der Waals surface area contributed by atoms with Crippen LogP contribution in [0.2, 0.25) is 0 Å². The molecule has 31 heavy (non-hydrogen) atoms. The summed E-state index contributed by atoms with van der Waals surface area (Å²) in [5.74, 6) is -0.0137. The number of esters is 1. The van der Waals surface area contributed by atoms with Crippen molar-refractivity contribution in [3.63, 3.8) is 0 Å². The summed E-state index contributed by atoms with van der Waals surface area (Å²) in [4.78, 5) is 27.1. The molecule has 0 N–H and O–H groups in total. The summed E-state index contributed by atoms with van der Waals surface area (Å²) >= 11 is 0. The number of rotatable bonds is 6. The van der Waals surface area contributed by atoms with Crippen LogP contribution in [-0.2, 0) is 14.3 Å². The molecule has 1 aliphatic rings. The molecule has 1 amide bonds. The minimum absolute atomic E-state index is 0.240. The second-order valence-electron chi connectivity index (χ2n) is 7.55. The number of methoxy groups -OCH3 is 2. The summed E-state index contributed by atoms with van der Waals surface area (Å²) in [6.07, 6.45) is 3.40. The van der Waals surface area contributed by atoms with Gasteiger partial charge in [0, 0.05) is 23.6 Å². The first-order valence-electron chi connectivity index (χ1n) is 10.0. The highest BCUT2D eigenvalue weighted by molar-refractivity contribution is 6.16. The molecular weight excluding hydrogens is 392 g/mol. The monoisotopic (exact) mass is 420 g/mol. The van der Waals surface area contributed by atoms with Crippen LogP contribution < -0.4 is 4.74 Å². The molecule has 1 aliphatic heterocycles. The molecule has 0 bridgehead atoms. The summed E-state index contributed by atoms with van der Waals surface area (Å²) in [5.41, 5.74) is 5.98. The predicted octanol–water partition coefficient (Wildman–Crippen LogP) is 4.27. The molecule has 2 aromatic rings. The number of ether oxygens (including phenoxy) is 2. The van der Waals surface area contributed by atoms with E-state index in [0.29, 0.717) is 17.8 Å². The van der Waals surface area contributed by atoms with Crippen LogP contribution in [0.3, 0.4) is 0 Å². The number of allylic oxidation sites excluding steroid dienone is 1. The van der Waals surface area contributed by atoms with E-state index >= 15 is 0 Å². The SMILES string of the molecule is C=CCN1C(=O)C(=Cc2cc(C)n(-c3cc(C)ccc3OC)c2C)C(C(=O)OC)=C1C. The molecule has 6 nitrogen and oxygen atoms in total. The average Bonchev–Trinajstić information content (AvgIpc) is 3.15. The summed E-state index contributed by atoms with van der Waals surface area (Å²) in [5, 5.41) is 0. The highest BCUT2D eigenvalue weighted by atomic mass is 16.5. The fourth-order valence-corrected chi connectivity index (χ4v) is 4.01. The summed E-state index contributed by atoms with van der Waals surface area (Å²) in [7, 11) is 2.96. The lowest BCUT2D eigenvalue weighted by molar-refractivity contribution is -0.136. The Morgan fingerprint density at radius 3 is 2.45 bits per heavy atom. The van der Waals surface area contributed by atoms with Gasteiger partial charge in [-0.3, -0.25) is 4.79 Å². The molecule has 0 atom stereocenters. The van der Waals surface area contributed by atoms with E-state index in [-0.39, 0.29) is 11.5 Å². The molecule has 2 heterocycles. The third-order valence-electron chi connectivity index (χ3n) is 5.56. The Morgan fingerprint density at radius 1 is 1.13 bits per heavy atom. The van der Waals surface area contributed by atoms with Gasteiger partial charge in [-0.2, -0.15) is 0 Å². The summed E-state index contributed by atoms with van der Waals surface area (Å²) in [6.45, 7) is 11.8. The lowest BCUT2D eigenvalue weighted by Gasteiger charge is -2.15. The Labute approximate surface area is 183 Å². The van der Waals surface area contributed by atoms with Gasteiger partial charge in [-0.25, -0.2) is 4.79 Å². The van der Waals surface area contributed by atoms with Crippen molar-refractivity contribution < 1.29 is 19.1 Å². The molecule has 0 radical (unpaired) electrons. The van der Waals surface area contributed by atoms with Crippen LogP contribution in [0.15, 0.2) is 53.8 Å². The van der Waals surface area contributed by atoms with Gasteiger partial charge in [-0.05, 0) is 63.1 Å². The average molecular weight is 421 g/mol. The van der Waals surface area contributed by atoms with Crippen molar-refractivity contribution in [2.45, 2.75) is 27.7 Å². The van der Waals surface area contributed by atoms with E-state index in [0.717, 1.165) is 34.0 Å². The Bertz CT molecular complexity index is 1130. The molecule has 0 aliphatic carbocycles. The van der Waals surface area contributed by atoms with Gasteiger partial charge in [0.25, 0.3) is 5.91 Å². The normalized spacial score (nSPS) is 15.1. The maximum absolute atomic E-state index is 13.1. The number of hydrogen-bond acceptors (Lipinski definition) is 4. The van der Waals surface area contributed by atoms with Crippen LogP contribution in [0.4, 0.5) is 0 Å². The molecule has 1 aromatic heterocycles. The maximum Gasteiger partial charge on any atom is 0.340 e. The molecular formula is C25H28N2O4. The number of carbonyl (C=O) groups is 2. The van der Waals surface area contributed by atoms with E-state index in [4.69, 9.17) is 9.47 Å². The van der Waals surface area contributed by atoms with Gasteiger partial charge in [-0.15, -0.1) is 6.58 Å². The van der Waals surface area contributed by atoms with Crippen molar-refractivity contribution in [3.8, 4) is 11.4 Å². The van der Waals surface area contributed by atoms with Gasteiger partial charge in [0.15, 0.2) is 0 Å². The molecule has 0 saturated carbocycles. The zero-order valence-corrected chi connectivity index (χ0v) is 18.9. The smallest absolute Gasteiger partial charge is 0.340 e. The Morgan fingerprint density at radius 2 is 1.84 bits per heavy atom. The van der Waals surface area contributed by atoms with Crippen LogP contribution in [0.1, 0.15) is 29.4 Å². The van der Waals surface area contributed by atoms with Gasteiger partial charge < -0.3 is 18.9 Å². The molecule has 0 saturated heterocycles. The zero-order chi connectivity index (χ0) is 22.9. The number of carbonyl (C=O) groups excluding carboxylic acids is 2. The van der Waals surface area contributed by atoms with Crippen molar-refractivity contribution >= 4 is 18.0 Å². The molecule has 1 aromatic carbocycles. The third kappa shape index (κ3) is 3.81. The second kappa shape index (κ2) is 8.68. The van der Waals surface area contributed by atoms with Crippen LogP contribution in [-0.4, -0.2) is 42.1 Å². The standard InChI is InChI=1S/C25H28N2O4/c1-8-11-26-18(5)23(25(29)31-7)20(24(26)28)14-19-13-16(3)27(17(19)4)21-12-15(2)9-10-22(21)30-6/h8-10,12-14H,1,11H2,2-7H3. The van der Waals surface area contributed by atoms with Crippen LogP contribution in [0.25, 0.3) is 11.8 Å². The van der Waals surface area contributed by atoms with E-state index < -0.39 is 5.97 Å². The number of nitrogens with zero attached hydrogens (tertiary/aromatic N) is 2. The molecule has 0 fully saturated rings. The number of benzene rings is 1. The molecule has 0 unspecified atom stereocenters. The van der Waals surface area contributed by atoms with Gasteiger partial charge in [-0.1, -0.05) is 12.1 Å². The van der Waals surface area contributed by atoms with Crippen molar-refractivity contribution in [3.05, 3.63) is 76.3 Å². The third-order valence-corrected chi connectivity index (χ3v) is 5.56. The van der Waals surface area contributed by atoms with Crippen LogP contribution >= 0.6 is 0 Å². The highest BCUT2D eigenvalue weighted by Crippen LogP contribution is 2.34. The first kappa shape index (κ1) is 22.2. The number of amides is 1. The Hall–Kier alpha value is -3.54. The maximum atomic E-state index is 13.1. The molecule has 6 heteroatoms. The first-order valence-corrected chi connectivity index (χ1v) is 10.0. The summed E-state index contributed by atoms with van der Waals surface area (Å²) < 4.78 is 12.6. The van der Waals surface area contributed by atoms with Crippen LogP contribution in [0, 0.1) is 20.8 Å². The lowest BCUT2D eigenvalue weighted by Crippen LogP contribution is -2.25. The van der Waals surface area contributed by atoms with Gasteiger partial charge in [0.1, 0.15) is 5.75 Å². The number of hydrogen-bond donors (Lipinski definition) is 0. The highest BCUT2D eigenvalue weighted by Gasteiger charge is 2.36. The van der Waals surface area contributed by atoms with Gasteiger partial charge in [0.05, 0.1) is 31.1 Å². The van der Waals surface area contributed by atoms with Crippen molar-refractivity contribution in [2.75, 3.05) is 20.8 Å². The topological polar surface area (TPSA) is 60.8 Å². The van der Waals surface area contributed by atoms with E-state index in [1.807, 2.05) is 39.0 Å². The van der Waals surface area contributed by atoms with E-state index in [1.54, 1.807) is 26.2 Å². The van der Waals surface area contributed by atoms with Crippen LogP contribution in [0.5, 0.6) is 5.75 Å². The van der Waals surface area contributed by atoms with Crippen molar-refractivity contribution in [1.29, 1.82) is 0 Å². The fraction of sp³-hybridized carbons (Fsp3) is 0.280. The fourth-order valence-electron chi connectivity index (χ4n) is 4.01.